The summed E-state index contributed by atoms with van der Waals surface area (Å²) in [6, 6.07) is 7.96. The van der Waals surface area contributed by atoms with Gasteiger partial charge < -0.3 is 15.0 Å². The second kappa shape index (κ2) is 5.28. The van der Waals surface area contributed by atoms with Crippen molar-refractivity contribution in [2.75, 3.05) is 20.6 Å². The lowest BCUT2D eigenvalue weighted by Crippen LogP contribution is -2.17. The van der Waals surface area contributed by atoms with E-state index in [0.29, 0.717) is 12.1 Å². The number of nitrogens with zero attached hydrogens (tertiary/aromatic N) is 1. The third-order valence-electron chi connectivity index (χ3n) is 3.15. The van der Waals surface area contributed by atoms with Gasteiger partial charge >= 0.3 is 5.97 Å². The van der Waals surface area contributed by atoms with Crippen LogP contribution in [0.5, 0.6) is 0 Å². The maximum atomic E-state index is 11.2. The van der Waals surface area contributed by atoms with E-state index in [2.05, 4.69) is 4.98 Å². The monoisotopic (exact) mass is 258 g/mol. The molecule has 2 N–H and O–H groups in total. The van der Waals surface area contributed by atoms with Crippen molar-refractivity contribution in [1.82, 2.24) is 9.88 Å². The van der Waals surface area contributed by atoms with Crippen LogP contribution in [0.4, 0.5) is 0 Å². The maximum absolute atomic E-state index is 11.2. The number of carboxylic acids is 1. The molecular weight excluding hydrogens is 240 g/mol. The van der Waals surface area contributed by atoms with Crippen LogP contribution >= 0.6 is 0 Å². The minimum absolute atomic E-state index is 0.392. The van der Waals surface area contributed by atoms with Crippen LogP contribution in [0.3, 0.4) is 0 Å². The van der Waals surface area contributed by atoms with Crippen molar-refractivity contribution in [3.05, 3.63) is 41.6 Å². The lowest BCUT2D eigenvalue weighted by atomic mass is 9.99. The molecule has 0 atom stereocenters. The number of fused-ring (bicyclic) bond motifs is 1. The van der Waals surface area contributed by atoms with E-state index in [4.69, 9.17) is 0 Å². The maximum Gasteiger partial charge on any atom is 0.331 e. The highest BCUT2D eigenvalue weighted by atomic mass is 16.4. The van der Waals surface area contributed by atoms with Gasteiger partial charge in [-0.3, -0.25) is 0 Å². The highest BCUT2D eigenvalue weighted by Crippen LogP contribution is 2.24. The van der Waals surface area contributed by atoms with Gasteiger partial charge in [0, 0.05) is 23.8 Å². The number of carbonyl (C=O) groups is 1. The predicted octanol–water partition coefficient (Wildman–Crippen LogP) is 2.59. The Morgan fingerprint density at radius 2 is 2.05 bits per heavy atom. The Hall–Kier alpha value is -2.07. The van der Waals surface area contributed by atoms with Crippen molar-refractivity contribution >= 4 is 22.4 Å². The van der Waals surface area contributed by atoms with E-state index in [1.807, 2.05) is 49.5 Å². The largest absolute Gasteiger partial charge is 0.478 e. The van der Waals surface area contributed by atoms with Crippen LogP contribution < -0.4 is 0 Å². The number of aromatic amines is 1. The number of hydrogen-bond acceptors (Lipinski definition) is 2. The van der Waals surface area contributed by atoms with Crippen LogP contribution in [0.1, 0.15) is 12.5 Å². The number of hydrogen-bond donors (Lipinski definition) is 2. The van der Waals surface area contributed by atoms with Gasteiger partial charge in [0.2, 0.25) is 0 Å². The fraction of sp³-hybridized carbons (Fsp3) is 0.267. The molecular formula is C15H18N2O2. The Morgan fingerprint density at radius 3 is 2.68 bits per heavy atom. The average Bonchev–Trinajstić information content (AvgIpc) is 2.81. The van der Waals surface area contributed by atoms with E-state index >= 15 is 0 Å². The quantitative estimate of drug-likeness (QED) is 0.829. The molecule has 1 heterocycles. The summed E-state index contributed by atoms with van der Waals surface area (Å²) in [6.45, 7) is 2.26. The van der Waals surface area contributed by atoms with Gasteiger partial charge in [-0.05, 0) is 55.7 Å². The smallest absolute Gasteiger partial charge is 0.331 e. The first-order valence-electron chi connectivity index (χ1n) is 6.14. The van der Waals surface area contributed by atoms with Crippen molar-refractivity contribution < 1.29 is 9.90 Å². The molecule has 1 aromatic carbocycles. The number of aliphatic carboxylic acids is 1. The molecule has 0 saturated heterocycles. The van der Waals surface area contributed by atoms with Crippen LogP contribution in [0.2, 0.25) is 0 Å². The van der Waals surface area contributed by atoms with Crippen LogP contribution in [0, 0.1) is 0 Å². The van der Waals surface area contributed by atoms with Gasteiger partial charge in [-0.25, -0.2) is 4.79 Å². The van der Waals surface area contributed by atoms with Crippen molar-refractivity contribution in [3.8, 4) is 0 Å². The average molecular weight is 258 g/mol. The lowest BCUT2D eigenvalue weighted by Gasteiger charge is -2.16. The molecule has 0 aliphatic rings. The van der Waals surface area contributed by atoms with Crippen molar-refractivity contribution in [1.29, 1.82) is 0 Å². The molecule has 1 aromatic heterocycles. The summed E-state index contributed by atoms with van der Waals surface area (Å²) < 4.78 is 0. The molecule has 0 amide bonds. The molecule has 0 radical (unpaired) electrons. The molecule has 0 saturated carbocycles. The molecule has 0 spiro atoms. The zero-order valence-electron chi connectivity index (χ0n) is 11.4. The van der Waals surface area contributed by atoms with E-state index < -0.39 is 5.97 Å². The Kier molecular flexibility index (Phi) is 3.71. The van der Waals surface area contributed by atoms with Crippen LogP contribution in [0.25, 0.3) is 16.5 Å². The first-order chi connectivity index (χ1) is 8.99. The lowest BCUT2D eigenvalue weighted by molar-refractivity contribution is -0.132. The molecule has 4 heteroatoms. The Bertz CT molecular complexity index is 638. The molecule has 0 aliphatic heterocycles. The number of nitrogens with one attached hydrogen (secondary N) is 1. The number of carboxylic acid groups (broad SMARTS) is 1. The standard InChI is InChI=1S/C15H18N2O2/c1-10(15(18)19)13(9-17(2)3)11-4-5-14-12(8-11)6-7-16-14/h4-8,16H,9H2,1-3H3,(H,18,19)/b13-10-. The third-order valence-corrected chi connectivity index (χ3v) is 3.15. The van der Waals surface area contributed by atoms with Crippen LogP contribution in [-0.2, 0) is 4.79 Å². The topological polar surface area (TPSA) is 56.3 Å². The van der Waals surface area contributed by atoms with Crippen molar-refractivity contribution in [2.24, 2.45) is 0 Å². The molecule has 0 fully saturated rings. The molecule has 2 aromatic rings. The van der Waals surface area contributed by atoms with Gasteiger partial charge in [0.1, 0.15) is 0 Å². The zero-order valence-corrected chi connectivity index (χ0v) is 11.4. The van der Waals surface area contributed by atoms with Crippen LogP contribution in [-0.4, -0.2) is 41.6 Å². The Labute approximate surface area is 112 Å². The van der Waals surface area contributed by atoms with Gasteiger partial charge in [-0.15, -0.1) is 0 Å². The predicted molar refractivity (Wildman–Crippen MR) is 77.1 cm³/mol. The molecule has 100 valence electrons. The normalized spacial score (nSPS) is 12.8. The van der Waals surface area contributed by atoms with Gasteiger partial charge in [-0.1, -0.05) is 6.07 Å². The Morgan fingerprint density at radius 1 is 1.32 bits per heavy atom. The fourth-order valence-corrected chi connectivity index (χ4v) is 2.11. The molecule has 2 rings (SSSR count). The highest BCUT2D eigenvalue weighted by molar-refractivity contribution is 5.97. The van der Waals surface area contributed by atoms with Crippen molar-refractivity contribution in [2.45, 2.75) is 6.92 Å². The summed E-state index contributed by atoms with van der Waals surface area (Å²) in [5.74, 6) is -0.869. The van der Waals surface area contributed by atoms with Crippen LogP contribution in [0.15, 0.2) is 36.0 Å². The minimum atomic E-state index is -0.869. The second-order valence-corrected chi connectivity index (χ2v) is 4.93. The van der Waals surface area contributed by atoms with E-state index in [1.165, 1.54) is 0 Å². The zero-order chi connectivity index (χ0) is 14.0. The van der Waals surface area contributed by atoms with E-state index in [9.17, 15) is 9.90 Å². The first-order valence-corrected chi connectivity index (χ1v) is 6.14. The van der Waals surface area contributed by atoms with Gasteiger partial charge in [-0.2, -0.15) is 0 Å². The summed E-state index contributed by atoms with van der Waals surface area (Å²) in [5, 5.41) is 10.3. The molecule has 0 bridgehead atoms. The minimum Gasteiger partial charge on any atom is -0.478 e. The molecule has 19 heavy (non-hydrogen) atoms. The Balaban J connectivity index is 2.53. The molecule has 4 nitrogen and oxygen atoms in total. The van der Waals surface area contributed by atoms with Gasteiger partial charge in [0.15, 0.2) is 0 Å². The summed E-state index contributed by atoms with van der Waals surface area (Å²) in [7, 11) is 3.87. The van der Waals surface area contributed by atoms with E-state index in [-0.39, 0.29) is 0 Å². The second-order valence-electron chi connectivity index (χ2n) is 4.93. The number of likely N-dealkylation sites (N-methyl/N-ethyl adjacent to an activating group) is 1. The third kappa shape index (κ3) is 2.85. The van der Waals surface area contributed by atoms with Gasteiger partial charge in [0.25, 0.3) is 0 Å². The number of benzene rings is 1. The van der Waals surface area contributed by atoms with E-state index in [0.717, 1.165) is 22.0 Å². The van der Waals surface area contributed by atoms with Gasteiger partial charge in [0.05, 0.1) is 0 Å². The number of rotatable bonds is 4. The van der Waals surface area contributed by atoms with Crippen molar-refractivity contribution in [3.63, 3.8) is 0 Å². The first kappa shape index (κ1) is 13.4. The molecule has 0 unspecified atom stereocenters. The van der Waals surface area contributed by atoms with E-state index in [1.54, 1.807) is 6.92 Å². The summed E-state index contributed by atoms with van der Waals surface area (Å²) in [4.78, 5) is 16.3. The number of aromatic nitrogens is 1. The highest BCUT2D eigenvalue weighted by Gasteiger charge is 2.13. The SMILES string of the molecule is C/C(C(=O)O)=C(\CN(C)C)c1ccc2[nH]ccc2c1. The summed E-state index contributed by atoms with van der Waals surface area (Å²) >= 11 is 0. The summed E-state index contributed by atoms with van der Waals surface area (Å²) in [5.41, 5.74) is 3.26. The molecule has 0 aliphatic carbocycles. The number of H-pyrrole nitrogens is 1. The fourth-order valence-electron chi connectivity index (χ4n) is 2.11. The summed E-state index contributed by atoms with van der Waals surface area (Å²) in [6.07, 6.45) is 1.88.